The van der Waals surface area contributed by atoms with Crippen LogP contribution in [-0.4, -0.2) is 22.2 Å². The van der Waals surface area contributed by atoms with Crippen molar-refractivity contribution in [2.75, 3.05) is 7.11 Å². The normalized spacial score (nSPS) is 10.5. The van der Waals surface area contributed by atoms with Crippen LogP contribution in [0.25, 0.3) is 5.69 Å². The Hall–Kier alpha value is -3.41. The molecule has 126 valence electrons. The Morgan fingerprint density at radius 1 is 0.960 bits per heavy atom. The number of nitrogens with zero attached hydrogens (tertiary/aromatic N) is 2. The molecule has 0 aliphatic rings. The van der Waals surface area contributed by atoms with Gasteiger partial charge in [0, 0.05) is 17.3 Å². The summed E-state index contributed by atoms with van der Waals surface area (Å²) in [7, 11) is 1.55. The Bertz CT molecular complexity index is 1030. The van der Waals surface area contributed by atoms with E-state index in [0.29, 0.717) is 21.6 Å². The number of aromatic nitrogens is 2. The van der Waals surface area contributed by atoms with E-state index in [1.807, 2.05) is 0 Å². The Morgan fingerprint density at radius 3 is 2.20 bits per heavy atom. The first-order valence-corrected chi connectivity index (χ1v) is 7.62. The molecule has 0 saturated heterocycles. The van der Waals surface area contributed by atoms with Gasteiger partial charge in [0.1, 0.15) is 5.75 Å². The van der Waals surface area contributed by atoms with Crippen LogP contribution in [0.1, 0.15) is 15.9 Å². The summed E-state index contributed by atoms with van der Waals surface area (Å²) in [6.45, 7) is 1.57. The molecule has 25 heavy (non-hydrogen) atoms. The fraction of sp³-hybridized carbons (Fsp3) is 0.105. The summed E-state index contributed by atoms with van der Waals surface area (Å²) in [6.07, 6.45) is 1.43. The van der Waals surface area contributed by atoms with Crippen molar-refractivity contribution in [3.05, 3.63) is 92.8 Å². The van der Waals surface area contributed by atoms with Crippen LogP contribution in [0.2, 0.25) is 0 Å². The fourth-order valence-corrected chi connectivity index (χ4v) is 2.49. The maximum Gasteiger partial charge on any atom is 0.342 e. The first kappa shape index (κ1) is 16.4. The van der Waals surface area contributed by atoms with Crippen molar-refractivity contribution in [1.29, 1.82) is 0 Å². The van der Waals surface area contributed by atoms with E-state index in [9.17, 15) is 14.4 Å². The van der Waals surface area contributed by atoms with Gasteiger partial charge in [0.2, 0.25) is 0 Å². The molecule has 2 aromatic carbocycles. The summed E-state index contributed by atoms with van der Waals surface area (Å²) in [5, 5.41) is 0. The Balaban J connectivity index is 2.20. The second-order valence-electron chi connectivity index (χ2n) is 5.47. The molecule has 0 saturated carbocycles. The van der Waals surface area contributed by atoms with Crippen LogP contribution in [-0.2, 0) is 0 Å². The summed E-state index contributed by atoms with van der Waals surface area (Å²) < 4.78 is 7.04. The van der Waals surface area contributed by atoms with Gasteiger partial charge in [-0.2, -0.15) is 4.57 Å². The Kier molecular flexibility index (Phi) is 4.35. The lowest BCUT2D eigenvalue weighted by Gasteiger charge is -2.11. The number of benzene rings is 2. The maximum atomic E-state index is 12.8. The summed E-state index contributed by atoms with van der Waals surface area (Å²) >= 11 is 0. The second kappa shape index (κ2) is 6.60. The van der Waals surface area contributed by atoms with Gasteiger partial charge >= 0.3 is 5.69 Å². The third-order valence-corrected chi connectivity index (χ3v) is 3.83. The van der Waals surface area contributed by atoms with E-state index in [1.54, 1.807) is 68.6 Å². The lowest BCUT2D eigenvalue weighted by atomic mass is 10.2. The van der Waals surface area contributed by atoms with E-state index in [-0.39, 0.29) is 5.56 Å². The molecule has 0 atom stereocenters. The molecule has 0 bridgehead atoms. The van der Waals surface area contributed by atoms with Crippen LogP contribution in [0, 0.1) is 6.92 Å². The molecule has 0 aliphatic carbocycles. The lowest BCUT2D eigenvalue weighted by Crippen LogP contribution is -2.44. The molecule has 0 aliphatic heterocycles. The SMILES string of the molecule is COc1ccc(-n2cc(C)c(=O)n(C(=O)c3ccccc3)c2=O)cc1. The molecule has 0 fully saturated rings. The van der Waals surface area contributed by atoms with Crippen molar-refractivity contribution >= 4 is 5.91 Å². The number of carbonyl (C=O) groups is 1. The van der Waals surface area contributed by atoms with Crippen LogP contribution >= 0.6 is 0 Å². The number of aryl methyl sites for hydroxylation is 1. The van der Waals surface area contributed by atoms with Gasteiger partial charge in [0.05, 0.1) is 12.8 Å². The molecule has 6 heteroatoms. The first-order valence-electron chi connectivity index (χ1n) is 7.62. The Morgan fingerprint density at radius 2 is 1.60 bits per heavy atom. The van der Waals surface area contributed by atoms with Crippen molar-refractivity contribution < 1.29 is 9.53 Å². The molecule has 1 aromatic heterocycles. The fourth-order valence-electron chi connectivity index (χ4n) is 2.49. The highest BCUT2D eigenvalue weighted by Crippen LogP contribution is 2.13. The van der Waals surface area contributed by atoms with Crippen LogP contribution < -0.4 is 16.0 Å². The third-order valence-electron chi connectivity index (χ3n) is 3.83. The lowest BCUT2D eigenvalue weighted by molar-refractivity contribution is 0.0949. The molecule has 3 aromatic rings. The zero-order valence-electron chi connectivity index (χ0n) is 13.8. The van der Waals surface area contributed by atoms with Crippen molar-refractivity contribution in [2.45, 2.75) is 6.92 Å². The van der Waals surface area contributed by atoms with Gasteiger partial charge in [0.15, 0.2) is 0 Å². The standard InChI is InChI=1S/C19H16N2O4/c1-13-12-20(15-8-10-16(25-2)11-9-15)19(24)21(17(13)22)18(23)14-6-4-3-5-7-14/h3-12H,1-2H3. The zero-order valence-corrected chi connectivity index (χ0v) is 13.8. The van der Waals surface area contributed by atoms with Gasteiger partial charge in [-0.05, 0) is 43.3 Å². The minimum Gasteiger partial charge on any atom is -0.497 e. The van der Waals surface area contributed by atoms with E-state index in [1.165, 1.54) is 10.8 Å². The van der Waals surface area contributed by atoms with Gasteiger partial charge < -0.3 is 4.74 Å². The Labute approximate surface area is 143 Å². The highest BCUT2D eigenvalue weighted by molar-refractivity contribution is 5.95. The van der Waals surface area contributed by atoms with Gasteiger partial charge in [-0.3, -0.25) is 14.2 Å². The topological polar surface area (TPSA) is 70.3 Å². The monoisotopic (exact) mass is 336 g/mol. The summed E-state index contributed by atoms with van der Waals surface area (Å²) in [5.41, 5.74) is -0.241. The molecule has 1 heterocycles. The van der Waals surface area contributed by atoms with E-state index in [0.717, 1.165) is 0 Å². The molecule has 6 nitrogen and oxygen atoms in total. The van der Waals surface area contributed by atoms with Crippen molar-refractivity contribution in [2.24, 2.45) is 0 Å². The molecule has 0 unspecified atom stereocenters. The van der Waals surface area contributed by atoms with Gasteiger partial charge in [-0.15, -0.1) is 0 Å². The van der Waals surface area contributed by atoms with Crippen LogP contribution in [0.15, 0.2) is 70.4 Å². The van der Waals surface area contributed by atoms with E-state index in [4.69, 9.17) is 4.74 Å². The highest BCUT2D eigenvalue weighted by Gasteiger charge is 2.17. The highest BCUT2D eigenvalue weighted by atomic mass is 16.5. The number of hydrogen-bond acceptors (Lipinski definition) is 4. The van der Waals surface area contributed by atoms with Gasteiger partial charge in [-0.1, -0.05) is 18.2 Å². The maximum absolute atomic E-state index is 12.8. The molecule has 3 rings (SSSR count). The smallest absolute Gasteiger partial charge is 0.342 e. The summed E-state index contributed by atoms with van der Waals surface area (Å²) in [6, 6.07) is 15.0. The molecular weight excluding hydrogens is 320 g/mol. The number of methoxy groups -OCH3 is 1. The molecule has 0 amide bonds. The molecule has 0 spiro atoms. The largest absolute Gasteiger partial charge is 0.497 e. The number of carbonyl (C=O) groups excluding carboxylic acids is 1. The van der Waals surface area contributed by atoms with Crippen molar-refractivity contribution in [3.8, 4) is 11.4 Å². The molecular formula is C19H16N2O4. The minimum absolute atomic E-state index is 0.272. The average molecular weight is 336 g/mol. The molecule has 0 radical (unpaired) electrons. The van der Waals surface area contributed by atoms with Crippen molar-refractivity contribution in [3.63, 3.8) is 0 Å². The van der Waals surface area contributed by atoms with E-state index >= 15 is 0 Å². The van der Waals surface area contributed by atoms with E-state index < -0.39 is 17.2 Å². The number of ether oxygens (including phenoxy) is 1. The zero-order chi connectivity index (χ0) is 18.0. The summed E-state index contributed by atoms with van der Waals surface area (Å²) in [5.74, 6) is -0.0104. The van der Waals surface area contributed by atoms with Crippen molar-refractivity contribution in [1.82, 2.24) is 9.13 Å². The average Bonchev–Trinajstić information content (AvgIpc) is 2.65. The summed E-state index contributed by atoms with van der Waals surface area (Å²) in [4.78, 5) is 37.8. The van der Waals surface area contributed by atoms with Gasteiger partial charge in [0.25, 0.3) is 11.5 Å². The first-order chi connectivity index (χ1) is 12.0. The number of rotatable bonds is 3. The second-order valence-corrected chi connectivity index (χ2v) is 5.47. The molecule has 0 N–H and O–H groups in total. The van der Waals surface area contributed by atoms with Crippen LogP contribution in [0.5, 0.6) is 5.75 Å². The quantitative estimate of drug-likeness (QED) is 0.733. The van der Waals surface area contributed by atoms with Crippen LogP contribution in [0.4, 0.5) is 0 Å². The van der Waals surface area contributed by atoms with Crippen LogP contribution in [0.3, 0.4) is 0 Å². The van der Waals surface area contributed by atoms with E-state index in [2.05, 4.69) is 0 Å². The minimum atomic E-state index is -0.713. The number of hydrogen-bond donors (Lipinski definition) is 0. The predicted octanol–water partition coefficient (Wildman–Crippen LogP) is 2.00. The third kappa shape index (κ3) is 3.01. The predicted molar refractivity (Wildman–Crippen MR) is 93.8 cm³/mol. The van der Waals surface area contributed by atoms with Gasteiger partial charge in [-0.25, -0.2) is 4.79 Å².